The van der Waals surface area contributed by atoms with Crippen LogP contribution >= 0.6 is 0 Å². The first-order valence-electron chi connectivity index (χ1n) is 7.41. The van der Waals surface area contributed by atoms with Crippen molar-refractivity contribution >= 4 is 11.6 Å². The number of aryl methyl sites for hydroxylation is 1. The summed E-state index contributed by atoms with van der Waals surface area (Å²) in [5.74, 6) is 0.365. The Morgan fingerprint density at radius 2 is 2.09 bits per heavy atom. The first kappa shape index (κ1) is 18.4. The molecule has 0 radical (unpaired) electrons. The molecule has 1 heterocycles. The number of rotatable bonds is 9. The van der Waals surface area contributed by atoms with E-state index in [1.54, 1.807) is 27.3 Å². The van der Waals surface area contributed by atoms with Crippen molar-refractivity contribution in [2.24, 2.45) is 0 Å². The van der Waals surface area contributed by atoms with Gasteiger partial charge in [0.1, 0.15) is 12.2 Å². The molecule has 0 spiro atoms. The normalized spacial score (nSPS) is 13.5. The van der Waals surface area contributed by atoms with Gasteiger partial charge in [0, 0.05) is 19.8 Å². The topological polar surface area (TPSA) is 69.7 Å². The molecule has 1 aromatic heterocycles. The summed E-state index contributed by atoms with van der Waals surface area (Å²) >= 11 is 0. The number of ether oxygens (including phenoxy) is 3. The molecule has 6 nitrogen and oxygen atoms in total. The second kappa shape index (κ2) is 8.70. The predicted octanol–water partition coefficient (Wildman–Crippen LogP) is 2.56. The van der Waals surface area contributed by atoms with E-state index in [-0.39, 0.29) is 5.91 Å². The van der Waals surface area contributed by atoms with Crippen LogP contribution in [0.25, 0.3) is 0 Å². The summed E-state index contributed by atoms with van der Waals surface area (Å²) < 4.78 is 15.8. The average Bonchev–Trinajstić information content (AvgIpc) is 2.49. The SMILES string of the molecule is CCC[C@](C)(OC)C(=O)Nc1cnc(OCCOC)c(C)c1. The Balaban J connectivity index is 2.74. The summed E-state index contributed by atoms with van der Waals surface area (Å²) in [5, 5.41) is 2.85. The van der Waals surface area contributed by atoms with E-state index in [0.717, 1.165) is 12.0 Å². The molecule has 1 rings (SSSR count). The van der Waals surface area contributed by atoms with Crippen LogP contribution < -0.4 is 10.1 Å². The molecular weight excluding hydrogens is 284 g/mol. The fraction of sp³-hybridized carbons (Fsp3) is 0.625. The predicted molar refractivity (Wildman–Crippen MR) is 85.3 cm³/mol. The van der Waals surface area contributed by atoms with Crippen LogP contribution in [0.2, 0.25) is 0 Å². The van der Waals surface area contributed by atoms with Crippen molar-refractivity contribution in [3.63, 3.8) is 0 Å². The summed E-state index contributed by atoms with van der Waals surface area (Å²) in [6, 6.07) is 1.83. The Morgan fingerprint density at radius 1 is 1.36 bits per heavy atom. The molecule has 0 saturated carbocycles. The van der Waals surface area contributed by atoms with E-state index < -0.39 is 5.60 Å². The molecule has 0 bridgehead atoms. The second-order valence-corrected chi connectivity index (χ2v) is 5.33. The number of carbonyl (C=O) groups excluding carboxylic acids is 1. The van der Waals surface area contributed by atoms with Crippen molar-refractivity contribution in [3.8, 4) is 5.88 Å². The standard InChI is InChI=1S/C16H26N2O4/c1-6-7-16(3,21-5)15(19)18-13-10-12(2)14(17-11-13)22-9-8-20-4/h10-11H,6-9H2,1-5H3,(H,18,19)/t16-/m0/s1. The zero-order valence-corrected chi connectivity index (χ0v) is 14.1. The van der Waals surface area contributed by atoms with Gasteiger partial charge >= 0.3 is 0 Å². The van der Waals surface area contributed by atoms with Gasteiger partial charge in [-0.2, -0.15) is 0 Å². The Kier molecular flexibility index (Phi) is 7.27. The monoisotopic (exact) mass is 310 g/mol. The van der Waals surface area contributed by atoms with Crippen molar-refractivity contribution in [1.82, 2.24) is 4.98 Å². The molecule has 0 unspecified atom stereocenters. The lowest BCUT2D eigenvalue weighted by Gasteiger charge is -2.26. The Hall–Kier alpha value is -1.66. The fourth-order valence-electron chi connectivity index (χ4n) is 2.05. The molecule has 0 fully saturated rings. The van der Waals surface area contributed by atoms with E-state index in [1.165, 1.54) is 0 Å². The van der Waals surface area contributed by atoms with Crippen LogP contribution in [0.4, 0.5) is 5.69 Å². The maximum atomic E-state index is 12.4. The third-order valence-corrected chi connectivity index (χ3v) is 3.47. The summed E-state index contributed by atoms with van der Waals surface area (Å²) in [5.41, 5.74) is 0.639. The molecular formula is C16H26N2O4. The number of anilines is 1. The van der Waals surface area contributed by atoms with Gasteiger partial charge in [-0.15, -0.1) is 0 Å². The molecule has 22 heavy (non-hydrogen) atoms. The highest BCUT2D eigenvalue weighted by Crippen LogP contribution is 2.22. The molecule has 0 aliphatic heterocycles. The first-order valence-corrected chi connectivity index (χ1v) is 7.41. The number of carbonyl (C=O) groups is 1. The number of nitrogens with zero attached hydrogens (tertiary/aromatic N) is 1. The number of methoxy groups -OCH3 is 2. The average molecular weight is 310 g/mol. The quantitative estimate of drug-likeness (QED) is 0.710. The fourth-order valence-corrected chi connectivity index (χ4v) is 2.05. The minimum atomic E-state index is -0.837. The van der Waals surface area contributed by atoms with E-state index in [9.17, 15) is 4.79 Å². The molecule has 1 atom stereocenters. The third-order valence-electron chi connectivity index (χ3n) is 3.47. The zero-order chi connectivity index (χ0) is 16.6. The molecule has 0 aromatic carbocycles. The van der Waals surface area contributed by atoms with Crippen molar-refractivity contribution in [1.29, 1.82) is 0 Å². The smallest absolute Gasteiger partial charge is 0.256 e. The molecule has 1 amide bonds. The largest absolute Gasteiger partial charge is 0.475 e. The number of amides is 1. The number of pyridine rings is 1. The summed E-state index contributed by atoms with van der Waals surface area (Å²) in [6.07, 6.45) is 3.09. The molecule has 1 N–H and O–H groups in total. The number of hydrogen-bond donors (Lipinski definition) is 1. The van der Waals surface area contributed by atoms with Gasteiger partial charge in [-0.1, -0.05) is 13.3 Å². The van der Waals surface area contributed by atoms with Gasteiger partial charge in [0.25, 0.3) is 5.91 Å². The maximum Gasteiger partial charge on any atom is 0.256 e. The van der Waals surface area contributed by atoms with Crippen molar-refractivity contribution in [3.05, 3.63) is 17.8 Å². The Bertz CT molecular complexity index is 493. The Labute approximate surface area is 132 Å². The molecule has 6 heteroatoms. The van der Waals surface area contributed by atoms with Crippen molar-refractivity contribution in [2.75, 3.05) is 32.8 Å². The van der Waals surface area contributed by atoms with Gasteiger partial charge in [0.05, 0.1) is 18.5 Å². The first-order chi connectivity index (χ1) is 10.5. The Morgan fingerprint density at radius 3 is 2.64 bits per heavy atom. The molecule has 0 saturated heterocycles. The van der Waals surface area contributed by atoms with Crippen LogP contribution in [-0.2, 0) is 14.3 Å². The van der Waals surface area contributed by atoms with Gasteiger partial charge < -0.3 is 19.5 Å². The van der Waals surface area contributed by atoms with Crippen LogP contribution in [0.15, 0.2) is 12.3 Å². The number of hydrogen-bond acceptors (Lipinski definition) is 5. The summed E-state index contributed by atoms with van der Waals surface area (Å²) in [4.78, 5) is 16.6. The van der Waals surface area contributed by atoms with Crippen molar-refractivity contribution < 1.29 is 19.0 Å². The molecule has 124 valence electrons. The highest BCUT2D eigenvalue weighted by atomic mass is 16.5. The van der Waals surface area contributed by atoms with Crippen LogP contribution in [-0.4, -0.2) is 43.9 Å². The van der Waals surface area contributed by atoms with E-state index in [2.05, 4.69) is 10.3 Å². The number of nitrogens with one attached hydrogen (secondary N) is 1. The summed E-state index contributed by atoms with van der Waals surface area (Å²) in [6.45, 7) is 6.63. The summed E-state index contributed by atoms with van der Waals surface area (Å²) in [7, 11) is 3.16. The van der Waals surface area contributed by atoms with Crippen LogP contribution in [0.3, 0.4) is 0 Å². The highest BCUT2D eigenvalue weighted by Gasteiger charge is 2.32. The minimum absolute atomic E-state index is 0.175. The van der Waals surface area contributed by atoms with Crippen LogP contribution in [0, 0.1) is 6.92 Å². The lowest BCUT2D eigenvalue weighted by atomic mass is 9.99. The van der Waals surface area contributed by atoms with E-state index in [1.807, 2.05) is 19.9 Å². The lowest BCUT2D eigenvalue weighted by Crippen LogP contribution is -2.41. The second-order valence-electron chi connectivity index (χ2n) is 5.33. The van der Waals surface area contributed by atoms with Gasteiger partial charge in [0.15, 0.2) is 0 Å². The van der Waals surface area contributed by atoms with E-state index >= 15 is 0 Å². The maximum absolute atomic E-state index is 12.4. The zero-order valence-electron chi connectivity index (χ0n) is 14.1. The number of aromatic nitrogens is 1. The van der Waals surface area contributed by atoms with E-state index in [4.69, 9.17) is 14.2 Å². The minimum Gasteiger partial charge on any atom is -0.475 e. The lowest BCUT2D eigenvalue weighted by molar-refractivity contribution is -0.136. The van der Waals surface area contributed by atoms with Gasteiger partial charge in [-0.3, -0.25) is 4.79 Å². The van der Waals surface area contributed by atoms with E-state index in [0.29, 0.717) is 31.2 Å². The van der Waals surface area contributed by atoms with Crippen molar-refractivity contribution in [2.45, 2.75) is 39.2 Å². The highest BCUT2D eigenvalue weighted by molar-refractivity contribution is 5.97. The van der Waals surface area contributed by atoms with Crippen LogP contribution in [0.1, 0.15) is 32.3 Å². The van der Waals surface area contributed by atoms with Crippen LogP contribution in [0.5, 0.6) is 5.88 Å². The van der Waals surface area contributed by atoms with Gasteiger partial charge in [-0.05, 0) is 26.3 Å². The molecule has 0 aliphatic carbocycles. The molecule has 1 aromatic rings. The van der Waals surface area contributed by atoms with Gasteiger partial charge in [-0.25, -0.2) is 4.98 Å². The molecule has 0 aliphatic rings. The van der Waals surface area contributed by atoms with Gasteiger partial charge in [0.2, 0.25) is 5.88 Å². The third kappa shape index (κ3) is 4.96.